The van der Waals surface area contributed by atoms with E-state index in [4.69, 9.17) is 14.7 Å². The number of ether oxygens (including phenoxy) is 1. The first-order chi connectivity index (χ1) is 14.5. The van der Waals surface area contributed by atoms with Gasteiger partial charge < -0.3 is 19.9 Å². The van der Waals surface area contributed by atoms with Crippen molar-refractivity contribution in [1.82, 2.24) is 14.9 Å². The third kappa shape index (κ3) is 3.79. The molecule has 3 aromatic rings. The molecule has 8 heteroatoms. The number of hydrogen-bond acceptors (Lipinski definition) is 6. The van der Waals surface area contributed by atoms with Gasteiger partial charge in [-0.15, -0.1) is 11.3 Å². The number of thiophene rings is 1. The van der Waals surface area contributed by atoms with Crippen LogP contribution in [-0.4, -0.2) is 54.2 Å². The highest BCUT2D eigenvalue weighted by Gasteiger charge is 2.25. The number of nitrogens with zero attached hydrogens (tertiary/aromatic N) is 4. The van der Waals surface area contributed by atoms with E-state index in [2.05, 4.69) is 31.0 Å². The highest BCUT2D eigenvalue weighted by atomic mass is 32.1. The summed E-state index contributed by atoms with van der Waals surface area (Å²) in [6, 6.07) is 7.34. The number of anilines is 2. The number of hydrogen-bond donors (Lipinski definition) is 1. The molecule has 3 heterocycles. The van der Waals surface area contributed by atoms with Gasteiger partial charge in [-0.2, -0.15) is 0 Å². The second-order valence-corrected chi connectivity index (χ2v) is 8.59. The van der Waals surface area contributed by atoms with Crippen LogP contribution in [0.25, 0.3) is 10.2 Å². The fourth-order valence-corrected chi connectivity index (χ4v) is 4.76. The first-order valence-electron chi connectivity index (χ1n) is 10.2. The van der Waals surface area contributed by atoms with Gasteiger partial charge >= 0.3 is 6.03 Å². The van der Waals surface area contributed by atoms with Gasteiger partial charge in [-0.05, 0) is 31.5 Å². The number of carbonyl (C=O) groups is 1. The monoisotopic (exact) mass is 425 g/mol. The number of fused-ring (bicyclic) bond motifs is 1. The largest absolute Gasteiger partial charge is 0.495 e. The molecule has 1 aliphatic heterocycles. The molecule has 0 aliphatic carbocycles. The van der Waals surface area contributed by atoms with E-state index in [0.29, 0.717) is 24.5 Å². The zero-order valence-electron chi connectivity index (χ0n) is 17.9. The van der Waals surface area contributed by atoms with E-state index in [9.17, 15) is 4.79 Å². The molecule has 7 nitrogen and oxygen atoms in total. The lowest BCUT2D eigenvalue weighted by Crippen LogP contribution is -2.50. The van der Waals surface area contributed by atoms with Crippen LogP contribution in [0.4, 0.5) is 16.3 Å². The zero-order chi connectivity index (χ0) is 21.3. The quantitative estimate of drug-likeness (QED) is 0.677. The number of benzene rings is 1. The van der Waals surface area contributed by atoms with Crippen molar-refractivity contribution in [2.45, 2.75) is 27.2 Å². The number of carbonyl (C=O) groups excluding carboxylic acids is 1. The van der Waals surface area contributed by atoms with Gasteiger partial charge in [0.2, 0.25) is 0 Å². The Kier molecular flexibility index (Phi) is 5.76. The average molecular weight is 426 g/mol. The molecule has 0 atom stereocenters. The van der Waals surface area contributed by atoms with Crippen LogP contribution in [0, 0.1) is 13.8 Å². The van der Waals surface area contributed by atoms with Gasteiger partial charge in [0, 0.05) is 37.5 Å². The topological polar surface area (TPSA) is 70.6 Å². The van der Waals surface area contributed by atoms with E-state index in [-0.39, 0.29) is 6.03 Å². The summed E-state index contributed by atoms with van der Waals surface area (Å²) in [5.41, 5.74) is 1.94. The van der Waals surface area contributed by atoms with Crippen LogP contribution in [0.2, 0.25) is 0 Å². The maximum Gasteiger partial charge on any atom is 0.322 e. The standard InChI is InChI=1S/C22H27N5O2S/c1-5-18-24-20(19-14(2)15(3)30-21(19)25-18)26-10-12-27(13-11-26)22(28)23-16-8-6-7-9-17(16)29-4/h6-9H,5,10-13H2,1-4H3,(H,23,28). The fourth-order valence-electron chi connectivity index (χ4n) is 3.72. The maximum atomic E-state index is 12.8. The lowest BCUT2D eigenvalue weighted by Gasteiger charge is -2.35. The number of aryl methyl sites for hydroxylation is 3. The van der Waals surface area contributed by atoms with E-state index in [1.807, 2.05) is 29.2 Å². The molecule has 0 saturated carbocycles. The average Bonchev–Trinajstić information content (AvgIpc) is 3.07. The molecule has 0 unspecified atom stereocenters. The number of rotatable bonds is 4. The van der Waals surface area contributed by atoms with Crippen molar-refractivity contribution < 1.29 is 9.53 Å². The molecule has 2 amide bonds. The third-order valence-electron chi connectivity index (χ3n) is 5.59. The van der Waals surface area contributed by atoms with Crippen LogP contribution < -0.4 is 15.0 Å². The Morgan fingerprint density at radius 3 is 2.60 bits per heavy atom. The Labute approximate surface area is 180 Å². The smallest absolute Gasteiger partial charge is 0.322 e. The molecule has 1 N–H and O–H groups in total. The SMILES string of the molecule is CCc1nc(N2CCN(C(=O)Nc3ccccc3OC)CC2)c2c(C)c(C)sc2n1. The highest BCUT2D eigenvalue weighted by molar-refractivity contribution is 7.18. The van der Waals surface area contributed by atoms with Gasteiger partial charge in [0.25, 0.3) is 0 Å². The van der Waals surface area contributed by atoms with E-state index in [0.717, 1.165) is 41.4 Å². The van der Waals surface area contributed by atoms with Gasteiger partial charge in [-0.3, -0.25) is 0 Å². The summed E-state index contributed by atoms with van der Waals surface area (Å²) in [7, 11) is 1.60. The number of urea groups is 1. The minimum Gasteiger partial charge on any atom is -0.495 e. The van der Waals surface area contributed by atoms with E-state index < -0.39 is 0 Å². The van der Waals surface area contributed by atoms with Crippen molar-refractivity contribution >= 4 is 39.1 Å². The van der Waals surface area contributed by atoms with E-state index in [1.54, 1.807) is 18.4 Å². The van der Waals surface area contributed by atoms with Gasteiger partial charge in [0.1, 0.15) is 22.2 Å². The van der Waals surface area contributed by atoms with Crippen molar-refractivity contribution in [2.24, 2.45) is 0 Å². The Bertz CT molecular complexity index is 1070. The third-order valence-corrected chi connectivity index (χ3v) is 6.69. The molecule has 158 valence electrons. The first-order valence-corrected chi connectivity index (χ1v) is 11.0. The summed E-state index contributed by atoms with van der Waals surface area (Å²) >= 11 is 1.73. The Morgan fingerprint density at radius 2 is 1.90 bits per heavy atom. The number of nitrogens with one attached hydrogen (secondary N) is 1. The number of methoxy groups -OCH3 is 1. The number of piperazine rings is 1. The molecule has 0 radical (unpaired) electrons. The predicted octanol–water partition coefficient (Wildman–Crippen LogP) is 4.23. The lowest BCUT2D eigenvalue weighted by atomic mass is 10.2. The number of amides is 2. The minimum atomic E-state index is -0.108. The summed E-state index contributed by atoms with van der Waals surface area (Å²) in [5.74, 6) is 2.53. The lowest BCUT2D eigenvalue weighted by molar-refractivity contribution is 0.208. The summed E-state index contributed by atoms with van der Waals surface area (Å²) in [5, 5.41) is 4.12. The van der Waals surface area contributed by atoms with Crippen molar-refractivity contribution in [2.75, 3.05) is 43.5 Å². The fraction of sp³-hybridized carbons (Fsp3) is 0.409. The zero-order valence-corrected chi connectivity index (χ0v) is 18.7. The molecular weight excluding hydrogens is 398 g/mol. The second kappa shape index (κ2) is 8.47. The van der Waals surface area contributed by atoms with Gasteiger partial charge in [0.15, 0.2) is 0 Å². The molecule has 0 bridgehead atoms. The Balaban J connectivity index is 1.50. The molecule has 1 saturated heterocycles. The van der Waals surface area contributed by atoms with Crippen LogP contribution in [0.1, 0.15) is 23.2 Å². The molecule has 1 fully saturated rings. The first kappa shape index (κ1) is 20.4. The Morgan fingerprint density at radius 1 is 1.17 bits per heavy atom. The summed E-state index contributed by atoms with van der Waals surface area (Å²) in [6.07, 6.45) is 0.806. The van der Waals surface area contributed by atoms with Gasteiger partial charge in [0.05, 0.1) is 18.2 Å². The maximum absolute atomic E-state index is 12.8. The van der Waals surface area contributed by atoms with E-state index in [1.165, 1.54) is 10.4 Å². The molecule has 1 aliphatic rings. The molecule has 4 rings (SSSR count). The van der Waals surface area contributed by atoms with Crippen molar-refractivity contribution in [3.63, 3.8) is 0 Å². The molecule has 0 spiro atoms. The summed E-state index contributed by atoms with van der Waals surface area (Å²) in [4.78, 5) is 28.8. The summed E-state index contributed by atoms with van der Waals surface area (Å²) < 4.78 is 5.33. The van der Waals surface area contributed by atoms with Crippen LogP contribution in [-0.2, 0) is 6.42 Å². The molecule has 2 aromatic heterocycles. The molecular formula is C22H27N5O2S. The van der Waals surface area contributed by atoms with Crippen molar-refractivity contribution in [1.29, 1.82) is 0 Å². The van der Waals surface area contributed by atoms with Crippen LogP contribution >= 0.6 is 11.3 Å². The number of para-hydroxylation sites is 2. The van der Waals surface area contributed by atoms with Crippen molar-refractivity contribution in [3.05, 3.63) is 40.5 Å². The van der Waals surface area contributed by atoms with Crippen LogP contribution in [0.5, 0.6) is 5.75 Å². The predicted molar refractivity (Wildman–Crippen MR) is 122 cm³/mol. The van der Waals surface area contributed by atoms with Gasteiger partial charge in [-0.25, -0.2) is 14.8 Å². The second-order valence-electron chi connectivity index (χ2n) is 7.38. The normalized spacial score (nSPS) is 14.3. The van der Waals surface area contributed by atoms with Crippen molar-refractivity contribution in [3.8, 4) is 5.75 Å². The van der Waals surface area contributed by atoms with Gasteiger partial charge in [-0.1, -0.05) is 19.1 Å². The minimum absolute atomic E-state index is 0.108. The van der Waals surface area contributed by atoms with Crippen LogP contribution in [0.3, 0.4) is 0 Å². The highest BCUT2D eigenvalue weighted by Crippen LogP contribution is 2.35. The summed E-state index contributed by atoms with van der Waals surface area (Å²) in [6.45, 7) is 9.11. The van der Waals surface area contributed by atoms with E-state index >= 15 is 0 Å². The molecule has 1 aromatic carbocycles. The Hall–Kier alpha value is -2.87. The molecule has 30 heavy (non-hydrogen) atoms. The van der Waals surface area contributed by atoms with Crippen LogP contribution in [0.15, 0.2) is 24.3 Å². The number of aromatic nitrogens is 2.